The molecule has 0 spiro atoms. The van der Waals surface area contributed by atoms with Gasteiger partial charge in [-0.15, -0.1) is 0 Å². The molecule has 0 aromatic carbocycles. The van der Waals surface area contributed by atoms with E-state index in [-0.39, 0.29) is 6.61 Å². The number of halogens is 5. The number of rotatable bonds is 4. The van der Waals surface area contributed by atoms with Gasteiger partial charge in [-0.05, 0) is 13.8 Å². The summed E-state index contributed by atoms with van der Waals surface area (Å²) < 4.78 is 64.6. The monoisotopic (exact) mass is 206 g/mol. The van der Waals surface area contributed by atoms with Gasteiger partial charge in [-0.3, -0.25) is 0 Å². The summed E-state index contributed by atoms with van der Waals surface area (Å²) >= 11 is 0. The first-order valence-corrected chi connectivity index (χ1v) is 3.77. The van der Waals surface area contributed by atoms with Crippen LogP contribution >= 0.6 is 0 Å². The van der Waals surface area contributed by atoms with E-state index in [9.17, 15) is 22.0 Å². The van der Waals surface area contributed by atoms with E-state index in [1.165, 1.54) is 6.92 Å². The lowest BCUT2D eigenvalue weighted by atomic mass is 10.1. The zero-order valence-corrected chi connectivity index (χ0v) is 7.24. The first-order valence-electron chi connectivity index (χ1n) is 3.77. The quantitative estimate of drug-likeness (QED) is 0.642. The molecule has 0 aromatic rings. The fourth-order valence-electron chi connectivity index (χ4n) is 0.829. The Balaban J connectivity index is 4.36. The molecule has 0 radical (unpaired) electrons. The molecular formula is C7H11F5O. The highest BCUT2D eigenvalue weighted by Gasteiger charge is 2.48. The molecule has 3 atom stereocenters. The van der Waals surface area contributed by atoms with Crippen molar-refractivity contribution in [3.63, 3.8) is 0 Å². The van der Waals surface area contributed by atoms with E-state index in [1.54, 1.807) is 0 Å². The van der Waals surface area contributed by atoms with E-state index in [1.807, 2.05) is 0 Å². The lowest BCUT2D eigenvalue weighted by Crippen LogP contribution is -2.42. The van der Waals surface area contributed by atoms with E-state index in [4.69, 9.17) is 0 Å². The average Bonchev–Trinajstić information content (AvgIpc) is 1.96. The van der Waals surface area contributed by atoms with Crippen LogP contribution in [0.1, 0.15) is 13.8 Å². The third-order valence-electron chi connectivity index (χ3n) is 1.41. The molecule has 1 nitrogen and oxygen atoms in total. The Morgan fingerprint density at radius 3 is 1.92 bits per heavy atom. The van der Waals surface area contributed by atoms with Crippen LogP contribution in [-0.4, -0.2) is 31.2 Å². The Labute approximate surface area is 72.9 Å². The molecule has 0 amide bonds. The normalized spacial score (nSPS) is 19.6. The summed E-state index contributed by atoms with van der Waals surface area (Å²) in [6.45, 7) is 2.05. The van der Waals surface area contributed by atoms with Crippen molar-refractivity contribution in [1.29, 1.82) is 0 Å². The summed E-state index contributed by atoms with van der Waals surface area (Å²) in [5, 5.41) is 0. The van der Waals surface area contributed by atoms with Gasteiger partial charge in [0.25, 0.3) is 0 Å². The standard InChI is InChI=1S/C7H11F5O/c1-3-13-5(4(2)8)6(9)7(10,11)12/h4-6H,3H2,1-2H3. The average molecular weight is 206 g/mol. The van der Waals surface area contributed by atoms with Crippen molar-refractivity contribution >= 4 is 0 Å². The molecule has 13 heavy (non-hydrogen) atoms. The van der Waals surface area contributed by atoms with Crippen LogP contribution in [0.15, 0.2) is 0 Å². The molecule has 0 N–H and O–H groups in total. The minimum atomic E-state index is -5.07. The number of hydrogen-bond acceptors (Lipinski definition) is 1. The van der Waals surface area contributed by atoms with Gasteiger partial charge in [-0.1, -0.05) is 0 Å². The summed E-state index contributed by atoms with van der Waals surface area (Å²) in [4.78, 5) is 0. The van der Waals surface area contributed by atoms with E-state index >= 15 is 0 Å². The molecule has 0 aromatic heterocycles. The summed E-state index contributed by atoms with van der Waals surface area (Å²) in [6.07, 6.45) is -12.4. The van der Waals surface area contributed by atoms with Crippen molar-refractivity contribution in [2.24, 2.45) is 0 Å². The van der Waals surface area contributed by atoms with Gasteiger partial charge in [0.2, 0.25) is 6.17 Å². The fraction of sp³-hybridized carbons (Fsp3) is 1.00. The molecule has 0 bridgehead atoms. The Morgan fingerprint density at radius 2 is 1.69 bits per heavy atom. The number of hydrogen-bond donors (Lipinski definition) is 0. The second-order valence-electron chi connectivity index (χ2n) is 2.54. The molecule has 0 fully saturated rings. The van der Waals surface area contributed by atoms with E-state index in [0.717, 1.165) is 6.92 Å². The van der Waals surface area contributed by atoms with Crippen LogP contribution in [0.3, 0.4) is 0 Å². The number of ether oxygens (including phenoxy) is 1. The zero-order chi connectivity index (χ0) is 10.6. The molecule has 3 unspecified atom stereocenters. The largest absolute Gasteiger partial charge is 0.422 e. The lowest BCUT2D eigenvalue weighted by molar-refractivity contribution is -0.219. The second-order valence-corrected chi connectivity index (χ2v) is 2.54. The van der Waals surface area contributed by atoms with E-state index in [2.05, 4.69) is 4.74 Å². The fourth-order valence-corrected chi connectivity index (χ4v) is 0.829. The van der Waals surface area contributed by atoms with Crippen LogP contribution in [0, 0.1) is 0 Å². The van der Waals surface area contributed by atoms with Crippen molar-refractivity contribution in [3.05, 3.63) is 0 Å². The van der Waals surface area contributed by atoms with Gasteiger partial charge in [0, 0.05) is 6.61 Å². The first-order chi connectivity index (χ1) is 5.80. The Bertz CT molecular complexity index is 144. The topological polar surface area (TPSA) is 9.23 Å². The van der Waals surface area contributed by atoms with E-state index < -0.39 is 24.6 Å². The Hall–Kier alpha value is -0.390. The predicted octanol–water partition coefficient (Wildman–Crippen LogP) is 2.65. The third kappa shape index (κ3) is 3.89. The van der Waals surface area contributed by atoms with Crippen molar-refractivity contribution in [3.8, 4) is 0 Å². The lowest BCUT2D eigenvalue weighted by Gasteiger charge is -2.23. The van der Waals surface area contributed by atoms with Crippen molar-refractivity contribution in [1.82, 2.24) is 0 Å². The molecule has 0 saturated carbocycles. The minimum absolute atomic E-state index is 0.157. The molecule has 0 saturated heterocycles. The first kappa shape index (κ1) is 12.6. The van der Waals surface area contributed by atoms with Crippen molar-refractivity contribution in [2.75, 3.05) is 6.61 Å². The van der Waals surface area contributed by atoms with Gasteiger partial charge in [-0.25, -0.2) is 8.78 Å². The highest BCUT2D eigenvalue weighted by atomic mass is 19.4. The maximum Gasteiger partial charge on any atom is 0.422 e. The van der Waals surface area contributed by atoms with Gasteiger partial charge in [0.05, 0.1) is 0 Å². The van der Waals surface area contributed by atoms with Crippen LogP contribution in [-0.2, 0) is 4.74 Å². The summed E-state index contributed by atoms with van der Waals surface area (Å²) in [6, 6.07) is 0. The third-order valence-corrected chi connectivity index (χ3v) is 1.41. The second kappa shape index (κ2) is 4.74. The van der Waals surface area contributed by atoms with Crippen LogP contribution in [0.2, 0.25) is 0 Å². The van der Waals surface area contributed by atoms with E-state index in [0.29, 0.717) is 0 Å². The summed E-state index contributed by atoms with van der Waals surface area (Å²) in [5.41, 5.74) is 0. The molecule has 0 aliphatic rings. The van der Waals surface area contributed by atoms with Crippen LogP contribution < -0.4 is 0 Å². The zero-order valence-electron chi connectivity index (χ0n) is 7.24. The Kier molecular flexibility index (Phi) is 4.60. The predicted molar refractivity (Wildman–Crippen MR) is 36.9 cm³/mol. The van der Waals surface area contributed by atoms with Gasteiger partial charge in [-0.2, -0.15) is 13.2 Å². The molecule has 0 heterocycles. The molecule has 6 heteroatoms. The smallest absolute Gasteiger partial charge is 0.372 e. The summed E-state index contributed by atoms with van der Waals surface area (Å²) in [7, 11) is 0. The SMILES string of the molecule is CCOC(C(C)F)C(F)C(F)(F)F. The van der Waals surface area contributed by atoms with Crippen LogP contribution in [0.5, 0.6) is 0 Å². The van der Waals surface area contributed by atoms with Gasteiger partial charge in [0.1, 0.15) is 12.3 Å². The number of alkyl halides is 5. The Morgan fingerprint density at radius 1 is 1.23 bits per heavy atom. The molecular weight excluding hydrogens is 195 g/mol. The molecule has 80 valence electrons. The van der Waals surface area contributed by atoms with Gasteiger partial charge < -0.3 is 4.74 Å². The minimum Gasteiger partial charge on any atom is -0.372 e. The molecule has 0 aliphatic carbocycles. The van der Waals surface area contributed by atoms with Crippen LogP contribution in [0.25, 0.3) is 0 Å². The summed E-state index contributed by atoms with van der Waals surface area (Å²) in [5.74, 6) is 0. The maximum atomic E-state index is 12.5. The highest BCUT2D eigenvalue weighted by Crippen LogP contribution is 2.28. The molecule has 0 rings (SSSR count). The molecule has 0 aliphatic heterocycles. The van der Waals surface area contributed by atoms with Crippen molar-refractivity contribution < 1.29 is 26.7 Å². The van der Waals surface area contributed by atoms with Gasteiger partial charge >= 0.3 is 6.18 Å². The highest BCUT2D eigenvalue weighted by molar-refractivity contribution is 4.80. The van der Waals surface area contributed by atoms with Gasteiger partial charge in [0.15, 0.2) is 0 Å². The van der Waals surface area contributed by atoms with Crippen molar-refractivity contribution in [2.45, 2.75) is 38.5 Å². The van der Waals surface area contributed by atoms with Crippen LogP contribution in [0.4, 0.5) is 22.0 Å². The maximum absolute atomic E-state index is 12.5.